The normalized spacial score (nSPS) is 20.7. The molecule has 0 bridgehead atoms. The second-order valence-corrected chi connectivity index (χ2v) is 10.7. The summed E-state index contributed by atoms with van der Waals surface area (Å²) in [6, 6.07) is 7.07. The molecule has 1 aromatic rings. The van der Waals surface area contributed by atoms with E-state index in [2.05, 4.69) is 9.80 Å². The molecule has 3 heterocycles. The van der Waals surface area contributed by atoms with Crippen molar-refractivity contribution < 1.29 is 19.1 Å². The Morgan fingerprint density at radius 2 is 1.44 bits per heavy atom. The van der Waals surface area contributed by atoms with E-state index in [1.807, 2.05) is 25.7 Å². The molecular formula is C26H38N4O4. The summed E-state index contributed by atoms with van der Waals surface area (Å²) in [6.07, 6.45) is 2.66. The molecule has 0 atom stereocenters. The predicted molar refractivity (Wildman–Crippen MR) is 130 cm³/mol. The van der Waals surface area contributed by atoms with Gasteiger partial charge < -0.3 is 19.4 Å². The Morgan fingerprint density at radius 1 is 0.882 bits per heavy atom. The second-order valence-electron chi connectivity index (χ2n) is 10.7. The first-order valence-electron chi connectivity index (χ1n) is 12.6. The number of piperidine rings is 1. The molecule has 8 nitrogen and oxygen atoms in total. The molecule has 3 aliphatic heterocycles. The van der Waals surface area contributed by atoms with E-state index in [4.69, 9.17) is 4.74 Å². The van der Waals surface area contributed by atoms with Crippen molar-refractivity contribution in [2.75, 3.05) is 58.9 Å². The molecule has 0 spiro atoms. The van der Waals surface area contributed by atoms with Crippen LogP contribution in [0.5, 0.6) is 0 Å². The van der Waals surface area contributed by atoms with Crippen LogP contribution < -0.4 is 0 Å². The molecule has 2 saturated heterocycles. The first-order chi connectivity index (χ1) is 16.2. The summed E-state index contributed by atoms with van der Waals surface area (Å²) < 4.78 is 5.50. The average Bonchev–Trinajstić information content (AvgIpc) is 3.05. The summed E-state index contributed by atoms with van der Waals surface area (Å²) in [5.74, 6) is 0.297. The number of imide groups is 1. The van der Waals surface area contributed by atoms with Crippen molar-refractivity contribution in [3.8, 4) is 0 Å². The van der Waals surface area contributed by atoms with E-state index < -0.39 is 5.60 Å². The molecule has 2 fully saturated rings. The van der Waals surface area contributed by atoms with Crippen molar-refractivity contribution in [3.63, 3.8) is 0 Å². The molecule has 0 N–H and O–H groups in total. The number of likely N-dealkylation sites (tertiary alicyclic amines) is 1. The first-order valence-corrected chi connectivity index (χ1v) is 12.6. The summed E-state index contributed by atoms with van der Waals surface area (Å²) in [6.45, 7) is 13.8. The SMILES string of the molecule is CC(C)(C)OC(=O)N1CCC(CN2CCN(CCCN3C(=O)c4ccccc4C3=O)CC2)CC1. The van der Waals surface area contributed by atoms with Gasteiger partial charge in [0.25, 0.3) is 11.8 Å². The quantitative estimate of drug-likeness (QED) is 0.596. The van der Waals surface area contributed by atoms with Crippen molar-refractivity contribution in [3.05, 3.63) is 35.4 Å². The van der Waals surface area contributed by atoms with Gasteiger partial charge in [-0.05, 0) is 64.6 Å². The van der Waals surface area contributed by atoms with Crippen LogP contribution in [0.1, 0.15) is 60.7 Å². The van der Waals surface area contributed by atoms with Gasteiger partial charge in [0.1, 0.15) is 5.60 Å². The van der Waals surface area contributed by atoms with Crippen LogP contribution in [-0.2, 0) is 4.74 Å². The number of benzene rings is 1. The van der Waals surface area contributed by atoms with Gasteiger partial charge in [0.05, 0.1) is 11.1 Å². The van der Waals surface area contributed by atoms with Gasteiger partial charge >= 0.3 is 6.09 Å². The Morgan fingerprint density at radius 3 is 2.00 bits per heavy atom. The summed E-state index contributed by atoms with van der Waals surface area (Å²) in [7, 11) is 0. The summed E-state index contributed by atoms with van der Waals surface area (Å²) in [4.78, 5) is 45.5. The summed E-state index contributed by atoms with van der Waals surface area (Å²) in [5, 5.41) is 0. The maximum atomic E-state index is 12.5. The standard InChI is InChI=1S/C26H38N4O4/c1-26(2,3)34-25(33)29-13-9-20(10-14-29)19-28-17-15-27(16-18-28)11-6-12-30-23(31)21-7-4-5-8-22(21)24(30)32/h4-5,7-8,20H,6,9-19H2,1-3H3. The highest BCUT2D eigenvalue weighted by atomic mass is 16.6. The zero-order valence-corrected chi connectivity index (χ0v) is 20.8. The lowest BCUT2D eigenvalue weighted by molar-refractivity contribution is 0.0159. The predicted octanol–water partition coefficient (Wildman–Crippen LogP) is 2.94. The van der Waals surface area contributed by atoms with Gasteiger partial charge in [-0.1, -0.05) is 12.1 Å². The second kappa shape index (κ2) is 10.4. The van der Waals surface area contributed by atoms with Gasteiger partial charge in [0.2, 0.25) is 0 Å². The third-order valence-corrected chi connectivity index (χ3v) is 6.98. The fraction of sp³-hybridized carbons (Fsp3) is 0.654. The third-order valence-electron chi connectivity index (χ3n) is 6.98. The van der Waals surface area contributed by atoms with E-state index in [0.29, 0.717) is 23.6 Å². The molecule has 3 amide bonds. The van der Waals surface area contributed by atoms with Crippen molar-refractivity contribution in [2.45, 2.75) is 45.6 Å². The van der Waals surface area contributed by atoms with Gasteiger partial charge in [0, 0.05) is 52.4 Å². The van der Waals surface area contributed by atoms with Crippen molar-refractivity contribution in [2.24, 2.45) is 5.92 Å². The van der Waals surface area contributed by atoms with E-state index in [1.54, 1.807) is 24.3 Å². The van der Waals surface area contributed by atoms with Crippen LogP contribution in [0.3, 0.4) is 0 Å². The number of carbonyl (C=O) groups excluding carboxylic acids is 3. The minimum absolute atomic E-state index is 0.164. The highest BCUT2D eigenvalue weighted by Crippen LogP contribution is 2.23. The lowest BCUT2D eigenvalue weighted by Crippen LogP contribution is -2.49. The average molecular weight is 471 g/mol. The van der Waals surface area contributed by atoms with Gasteiger partial charge in [-0.3, -0.25) is 14.5 Å². The maximum absolute atomic E-state index is 12.5. The van der Waals surface area contributed by atoms with E-state index in [9.17, 15) is 14.4 Å². The Bertz CT molecular complexity index is 861. The lowest BCUT2D eigenvalue weighted by Gasteiger charge is -2.39. The number of piperazine rings is 1. The lowest BCUT2D eigenvalue weighted by atomic mass is 9.96. The van der Waals surface area contributed by atoms with Crippen LogP contribution in [0.2, 0.25) is 0 Å². The van der Waals surface area contributed by atoms with E-state index in [0.717, 1.165) is 71.6 Å². The van der Waals surface area contributed by atoms with Gasteiger partial charge in [-0.15, -0.1) is 0 Å². The van der Waals surface area contributed by atoms with Crippen molar-refractivity contribution >= 4 is 17.9 Å². The van der Waals surface area contributed by atoms with E-state index in [-0.39, 0.29) is 17.9 Å². The number of rotatable bonds is 6. The van der Waals surface area contributed by atoms with E-state index in [1.165, 1.54) is 4.90 Å². The number of hydrogen-bond donors (Lipinski definition) is 0. The van der Waals surface area contributed by atoms with Crippen LogP contribution in [-0.4, -0.2) is 102 Å². The van der Waals surface area contributed by atoms with Crippen LogP contribution in [0.25, 0.3) is 0 Å². The molecule has 8 heteroatoms. The van der Waals surface area contributed by atoms with Crippen LogP contribution in [0, 0.1) is 5.92 Å². The smallest absolute Gasteiger partial charge is 0.410 e. The molecule has 186 valence electrons. The fourth-order valence-electron chi connectivity index (χ4n) is 5.08. The third kappa shape index (κ3) is 5.96. The molecule has 4 rings (SSSR count). The molecule has 1 aromatic carbocycles. The molecule has 3 aliphatic rings. The number of carbonyl (C=O) groups is 3. The largest absolute Gasteiger partial charge is 0.444 e. The highest BCUT2D eigenvalue weighted by Gasteiger charge is 2.34. The number of hydrogen-bond acceptors (Lipinski definition) is 6. The molecule has 0 unspecified atom stereocenters. The zero-order chi connectivity index (χ0) is 24.3. The van der Waals surface area contributed by atoms with E-state index >= 15 is 0 Å². The monoisotopic (exact) mass is 470 g/mol. The van der Waals surface area contributed by atoms with Crippen molar-refractivity contribution in [1.82, 2.24) is 19.6 Å². The maximum Gasteiger partial charge on any atom is 0.410 e. The Labute approximate surface area is 202 Å². The van der Waals surface area contributed by atoms with Crippen molar-refractivity contribution in [1.29, 1.82) is 0 Å². The molecule has 34 heavy (non-hydrogen) atoms. The van der Waals surface area contributed by atoms with Gasteiger partial charge in [-0.2, -0.15) is 0 Å². The molecule has 0 saturated carbocycles. The van der Waals surface area contributed by atoms with Gasteiger partial charge in [0.15, 0.2) is 0 Å². The first kappa shape index (κ1) is 24.7. The Balaban J connectivity index is 1.12. The topological polar surface area (TPSA) is 73.4 Å². The molecular weight excluding hydrogens is 432 g/mol. The Hall–Kier alpha value is -2.45. The number of ether oxygens (including phenoxy) is 1. The summed E-state index contributed by atoms with van der Waals surface area (Å²) in [5.41, 5.74) is 0.606. The fourth-order valence-corrected chi connectivity index (χ4v) is 5.08. The Kier molecular flexibility index (Phi) is 7.57. The molecule has 0 radical (unpaired) electrons. The van der Waals surface area contributed by atoms with Crippen LogP contribution >= 0.6 is 0 Å². The van der Waals surface area contributed by atoms with Crippen LogP contribution in [0.15, 0.2) is 24.3 Å². The minimum atomic E-state index is -0.446. The number of fused-ring (bicyclic) bond motifs is 1. The number of amides is 3. The van der Waals surface area contributed by atoms with Crippen LogP contribution in [0.4, 0.5) is 4.79 Å². The zero-order valence-electron chi connectivity index (χ0n) is 20.8. The van der Waals surface area contributed by atoms with Gasteiger partial charge in [-0.25, -0.2) is 4.79 Å². The molecule has 0 aliphatic carbocycles. The molecule has 0 aromatic heterocycles. The highest BCUT2D eigenvalue weighted by molar-refractivity contribution is 6.21. The minimum Gasteiger partial charge on any atom is -0.444 e. The summed E-state index contributed by atoms with van der Waals surface area (Å²) >= 11 is 0. The number of nitrogens with zero attached hydrogens (tertiary/aromatic N) is 4.